The number of nitrogens with one attached hydrogen (secondary N) is 1. The van der Waals surface area contributed by atoms with E-state index in [1.165, 1.54) is 36.8 Å². The highest BCUT2D eigenvalue weighted by molar-refractivity contribution is 5.24. The van der Waals surface area contributed by atoms with Gasteiger partial charge in [0.15, 0.2) is 0 Å². The Labute approximate surface area is 118 Å². The molecule has 1 aromatic rings. The number of hydrogen-bond donors (Lipinski definition) is 1. The summed E-state index contributed by atoms with van der Waals surface area (Å²) in [6.45, 7) is 9.25. The second-order valence-electron chi connectivity index (χ2n) is 6.54. The zero-order valence-electron chi connectivity index (χ0n) is 12.9. The van der Waals surface area contributed by atoms with E-state index in [2.05, 4.69) is 57.3 Å². The largest absolute Gasteiger partial charge is 0.307 e. The van der Waals surface area contributed by atoms with E-state index < -0.39 is 0 Å². The molecule has 1 heteroatoms. The van der Waals surface area contributed by atoms with E-state index in [9.17, 15) is 0 Å². The van der Waals surface area contributed by atoms with Crippen LogP contribution in [0.25, 0.3) is 0 Å². The zero-order valence-corrected chi connectivity index (χ0v) is 12.9. The van der Waals surface area contributed by atoms with E-state index in [1.54, 1.807) is 0 Å². The van der Waals surface area contributed by atoms with Crippen molar-refractivity contribution >= 4 is 0 Å². The van der Waals surface area contributed by atoms with E-state index in [1.807, 2.05) is 0 Å². The van der Waals surface area contributed by atoms with Crippen LogP contribution in [0.5, 0.6) is 0 Å². The van der Waals surface area contributed by atoms with Crippen molar-refractivity contribution in [1.29, 1.82) is 0 Å². The van der Waals surface area contributed by atoms with Gasteiger partial charge in [-0.2, -0.15) is 0 Å². The predicted molar refractivity (Wildman–Crippen MR) is 83.3 cm³/mol. The Morgan fingerprint density at radius 3 is 2.42 bits per heavy atom. The SMILES string of the molecule is CCC(NC1CCC(C)CC1C)c1ccc(C)cc1. The summed E-state index contributed by atoms with van der Waals surface area (Å²) in [5, 5.41) is 3.91. The van der Waals surface area contributed by atoms with Crippen LogP contribution in [0, 0.1) is 18.8 Å². The molecule has 19 heavy (non-hydrogen) atoms. The highest BCUT2D eigenvalue weighted by Crippen LogP contribution is 2.30. The molecule has 1 N–H and O–H groups in total. The fraction of sp³-hybridized carbons (Fsp3) is 0.667. The van der Waals surface area contributed by atoms with E-state index in [-0.39, 0.29) is 0 Å². The van der Waals surface area contributed by atoms with Crippen LogP contribution in [0.2, 0.25) is 0 Å². The van der Waals surface area contributed by atoms with Crippen molar-refractivity contribution in [3.05, 3.63) is 35.4 Å². The van der Waals surface area contributed by atoms with Crippen molar-refractivity contribution in [2.45, 2.75) is 65.5 Å². The Morgan fingerprint density at radius 2 is 1.84 bits per heavy atom. The summed E-state index contributed by atoms with van der Waals surface area (Å²) in [4.78, 5) is 0. The van der Waals surface area contributed by atoms with Crippen LogP contribution in [-0.2, 0) is 0 Å². The fourth-order valence-corrected chi connectivity index (χ4v) is 3.42. The number of aryl methyl sites for hydroxylation is 1. The lowest BCUT2D eigenvalue weighted by atomic mass is 9.79. The molecule has 1 nitrogen and oxygen atoms in total. The Bertz CT molecular complexity index is 381. The average molecular weight is 259 g/mol. The van der Waals surface area contributed by atoms with Gasteiger partial charge in [-0.15, -0.1) is 0 Å². The first-order chi connectivity index (χ1) is 9.10. The molecule has 1 fully saturated rings. The predicted octanol–water partition coefficient (Wildman–Crippen LogP) is 4.86. The van der Waals surface area contributed by atoms with E-state index in [0.717, 1.165) is 11.8 Å². The van der Waals surface area contributed by atoms with Gasteiger partial charge in [-0.25, -0.2) is 0 Å². The third-order valence-corrected chi connectivity index (χ3v) is 4.73. The molecule has 4 unspecified atom stereocenters. The minimum atomic E-state index is 0.515. The Morgan fingerprint density at radius 1 is 1.16 bits per heavy atom. The number of benzene rings is 1. The minimum absolute atomic E-state index is 0.515. The topological polar surface area (TPSA) is 12.0 Å². The quantitative estimate of drug-likeness (QED) is 0.814. The minimum Gasteiger partial charge on any atom is -0.307 e. The first kappa shape index (κ1) is 14.6. The number of rotatable bonds is 4. The average Bonchev–Trinajstić information content (AvgIpc) is 2.39. The maximum Gasteiger partial charge on any atom is 0.0320 e. The van der Waals surface area contributed by atoms with Gasteiger partial charge in [0.05, 0.1) is 0 Å². The van der Waals surface area contributed by atoms with Crippen LogP contribution in [-0.4, -0.2) is 6.04 Å². The van der Waals surface area contributed by atoms with Gasteiger partial charge in [-0.1, -0.05) is 50.6 Å². The lowest BCUT2D eigenvalue weighted by molar-refractivity contribution is 0.212. The van der Waals surface area contributed by atoms with Gasteiger partial charge >= 0.3 is 0 Å². The van der Waals surface area contributed by atoms with E-state index in [4.69, 9.17) is 0 Å². The standard InChI is InChI=1S/C18H29N/c1-5-17(16-9-6-13(2)7-10-16)19-18-11-8-14(3)12-15(18)4/h6-7,9-10,14-15,17-19H,5,8,11-12H2,1-4H3. The van der Waals surface area contributed by atoms with Gasteiger partial charge in [0.25, 0.3) is 0 Å². The summed E-state index contributed by atoms with van der Waals surface area (Å²) in [5.41, 5.74) is 2.79. The van der Waals surface area contributed by atoms with Gasteiger partial charge in [0.1, 0.15) is 0 Å². The molecule has 106 valence electrons. The molecule has 1 aliphatic rings. The summed E-state index contributed by atoms with van der Waals surface area (Å²) in [5.74, 6) is 1.72. The van der Waals surface area contributed by atoms with Crippen molar-refractivity contribution in [3.8, 4) is 0 Å². The molecular formula is C18H29N. The van der Waals surface area contributed by atoms with Crippen molar-refractivity contribution in [2.75, 3.05) is 0 Å². The van der Waals surface area contributed by atoms with E-state index >= 15 is 0 Å². The Kier molecular flexibility index (Phi) is 5.04. The zero-order chi connectivity index (χ0) is 13.8. The molecule has 1 aliphatic carbocycles. The molecule has 0 radical (unpaired) electrons. The lowest BCUT2D eigenvalue weighted by Crippen LogP contribution is -2.40. The molecule has 0 heterocycles. The Hall–Kier alpha value is -0.820. The highest BCUT2D eigenvalue weighted by Gasteiger charge is 2.26. The first-order valence-electron chi connectivity index (χ1n) is 7.92. The maximum absolute atomic E-state index is 3.91. The van der Waals surface area contributed by atoms with Crippen LogP contribution in [0.4, 0.5) is 0 Å². The van der Waals surface area contributed by atoms with Crippen molar-refractivity contribution < 1.29 is 0 Å². The maximum atomic E-state index is 3.91. The van der Waals surface area contributed by atoms with Gasteiger partial charge in [0, 0.05) is 12.1 Å². The normalized spacial score (nSPS) is 29.2. The van der Waals surface area contributed by atoms with Crippen molar-refractivity contribution in [2.24, 2.45) is 11.8 Å². The molecular weight excluding hydrogens is 230 g/mol. The van der Waals surface area contributed by atoms with Gasteiger partial charge in [0.2, 0.25) is 0 Å². The van der Waals surface area contributed by atoms with Crippen LogP contribution >= 0.6 is 0 Å². The molecule has 2 rings (SSSR count). The second kappa shape index (κ2) is 6.56. The number of hydrogen-bond acceptors (Lipinski definition) is 1. The van der Waals surface area contributed by atoms with E-state index in [0.29, 0.717) is 12.1 Å². The van der Waals surface area contributed by atoms with Gasteiger partial charge in [-0.3, -0.25) is 0 Å². The van der Waals surface area contributed by atoms with Crippen LogP contribution < -0.4 is 5.32 Å². The lowest BCUT2D eigenvalue weighted by Gasteiger charge is -2.36. The molecule has 0 bridgehead atoms. The molecule has 4 atom stereocenters. The molecule has 1 saturated carbocycles. The van der Waals surface area contributed by atoms with Gasteiger partial charge < -0.3 is 5.32 Å². The molecule has 0 saturated heterocycles. The van der Waals surface area contributed by atoms with Gasteiger partial charge in [-0.05, 0) is 50.0 Å². The molecule has 0 aliphatic heterocycles. The monoisotopic (exact) mass is 259 g/mol. The first-order valence-corrected chi connectivity index (χ1v) is 7.92. The molecule has 1 aromatic carbocycles. The second-order valence-corrected chi connectivity index (χ2v) is 6.54. The molecule has 0 amide bonds. The third-order valence-electron chi connectivity index (χ3n) is 4.73. The summed E-state index contributed by atoms with van der Waals surface area (Å²) >= 11 is 0. The summed E-state index contributed by atoms with van der Waals surface area (Å²) < 4.78 is 0. The smallest absolute Gasteiger partial charge is 0.0320 e. The highest BCUT2D eigenvalue weighted by atomic mass is 15.0. The third kappa shape index (κ3) is 3.82. The van der Waals surface area contributed by atoms with Crippen LogP contribution in [0.15, 0.2) is 24.3 Å². The van der Waals surface area contributed by atoms with Crippen molar-refractivity contribution in [3.63, 3.8) is 0 Å². The summed E-state index contributed by atoms with van der Waals surface area (Å²) in [6, 6.07) is 10.2. The summed E-state index contributed by atoms with van der Waals surface area (Å²) in [6.07, 6.45) is 5.26. The van der Waals surface area contributed by atoms with Crippen LogP contribution in [0.3, 0.4) is 0 Å². The fourth-order valence-electron chi connectivity index (χ4n) is 3.42. The van der Waals surface area contributed by atoms with Crippen molar-refractivity contribution in [1.82, 2.24) is 5.32 Å². The summed E-state index contributed by atoms with van der Waals surface area (Å²) in [7, 11) is 0. The van der Waals surface area contributed by atoms with Crippen LogP contribution in [0.1, 0.15) is 63.6 Å². The Balaban J connectivity index is 2.01. The molecule has 0 aromatic heterocycles. The molecule has 0 spiro atoms.